The number of likely N-dealkylation sites (tertiary alicyclic amines) is 1. The Labute approximate surface area is 159 Å². The van der Waals surface area contributed by atoms with Crippen LogP contribution in [-0.4, -0.2) is 62.6 Å². The van der Waals surface area contributed by atoms with Gasteiger partial charge in [-0.25, -0.2) is 9.67 Å². The first-order chi connectivity index (χ1) is 13.5. The lowest BCUT2D eigenvalue weighted by molar-refractivity contribution is -0.384. The fraction of sp³-hybridized carbons (Fsp3) is 0.412. The lowest BCUT2D eigenvalue weighted by atomic mass is 10.1. The maximum Gasteiger partial charge on any atom is 0.271 e. The number of ether oxygens (including phenoxy) is 1. The maximum atomic E-state index is 12.8. The van der Waals surface area contributed by atoms with Gasteiger partial charge in [0.25, 0.3) is 11.6 Å². The van der Waals surface area contributed by atoms with Gasteiger partial charge in [-0.05, 0) is 18.9 Å². The van der Waals surface area contributed by atoms with Crippen molar-refractivity contribution >= 4 is 23.2 Å². The molecule has 11 heteroatoms. The summed E-state index contributed by atoms with van der Waals surface area (Å²) in [6, 6.07) is 4.21. The molecule has 11 nitrogen and oxygen atoms in total. The average Bonchev–Trinajstić information content (AvgIpc) is 3.24. The number of benzene rings is 1. The summed E-state index contributed by atoms with van der Waals surface area (Å²) >= 11 is 0. The van der Waals surface area contributed by atoms with Crippen LogP contribution in [-0.2, 0) is 9.59 Å². The van der Waals surface area contributed by atoms with E-state index in [2.05, 4.69) is 10.1 Å². The lowest BCUT2D eigenvalue weighted by Crippen LogP contribution is -2.48. The molecule has 0 radical (unpaired) electrons. The Kier molecular flexibility index (Phi) is 4.63. The van der Waals surface area contributed by atoms with Gasteiger partial charge in [0, 0.05) is 25.2 Å². The number of fused-ring (bicyclic) bond motifs is 1. The molecule has 1 saturated heterocycles. The number of anilines is 1. The van der Waals surface area contributed by atoms with Crippen LogP contribution in [0.3, 0.4) is 0 Å². The van der Waals surface area contributed by atoms with Crippen molar-refractivity contribution in [2.75, 3.05) is 31.1 Å². The van der Waals surface area contributed by atoms with E-state index in [1.165, 1.54) is 29.4 Å². The van der Waals surface area contributed by atoms with E-state index in [1.54, 1.807) is 15.9 Å². The number of nitrogens with zero attached hydrogens (tertiary/aromatic N) is 6. The Balaban J connectivity index is 1.45. The van der Waals surface area contributed by atoms with Gasteiger partial charge >= 0.3 is 0 Å². The van der Waals surface area contributed by atoms with E-state index in [4.69, 9.17) is 4.74 Å². The molecule has 0 bridgehead atoms. The van der Waals surface area contributed by atoms with Crippen LogP contribution in [0, 0.1) is 10.1 Å². The summed E-state index contributed by atoms with van der Waals surface area (Å²) in [4.78, 5) is 42.5. The van der Waals surface area contributed by atoms with Gasteiger partial charge < -0.3 is 9.64 Å². The summed E-state index contributed by atoms with van der Waals surface area (Å²) in [5, 5.41) is 15.2. The van der Waals surface area contributed by atoms with E-state index in [0.717, 1.165) is 12.8 Å². The topological polar surface area (TPSA) is 124 Å². The molecular weight excluding hydrogens is 368 g/mol. The van der Waals surface area contributed by atoms with Crippen LogP contribution >= 0.6 is 0 Å². The Morgan fingerprint density at radius 2 is 2.11 bits per heavy atom. The minimum Gasteiger partial charge on any atom is -0.482 e. The van der Waals surface area contributed by atoms with E-state index >= 15 is 0 Å². The molecule has 2 amide bonds. The molecule has 146 valence electrons. The minimum absolute atomic E-state index is 0.164. The van der Waals surface area contributed by atoms with Crippen LogP contribution in [0.4, 0.5) is 11.4 Å². The monoisotopic (exact) mass is 386 g/mol. The molecule has 1 fully saturated rings. The van der Waals surface area contributed by atoms with Gasteiger partial charge in [0.05, 0.1) is 16.7 Å². The van der Waals surface area contributed by atoms with Crippen LogP contribution in [0.25, 0.3) is 0 Å². The largest absolute Gasteiger partial charge is 0.482 e. The van der Waals surface area contributed by atoms with Crippen molar-refractivity contribution in [2.45, 2.75) is 18.9 Å². The maximum absolute atomic E-state index is 12.8. The number of carbonyl (C=O) groups excluding carboxylic acids is 2. The number of nitro groups is 1. The summed E-state index contributed by atoms with van der Waals surface area (Å²) in [7, 11) is 0. The van der Waals surface area contributed by atoms with Gasteiger partial charge in [0.15, 0.2) is 6.61 Å². The number of piperidine rings is 1. The quantitative estimate of drug-likeness (QED) is 0.562. The molecule has 0 atom stereocenters. The first kappa shape index (κ1) is 17.9. The summed E-state index contributed by atoms with van der Waals surface area (Å²) in [6.45, 7) is 0.712. The highest BCUT2D eigenvalue weighted by Gasteiger charge is 2.32. The van der Waals surface area contributed by atoms with E-state index in [9.17, 15) is 19.7 Å². The predicted molar refractivity (Wildman–Crippen MR) is 95.8 cm³/mol. The molecule has 2 aliphatic heterocycles. The van der Waals surface area contributed by atoms with Gasteiger partial charge in [-0.15, -0.1) is 0 Å². The minimum atomic E-state index is -0.547. The lowest BCUT2D eigenvalue weighted by Gasteiger charge is -2.34. The van der Waals surface area contributed by atoms with Crippen LogP contribution in [0.15, 0.2) is 30.9 Å². The summed E-state index contributed by atoms with van der Waals surface area (Å²) in [5.74, 6) is -0.258. The second kappa shape index (κ2) is 7.25. The Morgan fingerprint density at radius 3 is 2.79 bits per heavy atom. The zero-order chi connectivity index (χ0) is 19.7. The molecule has 1 aromatic heterocycles. The zero-order valence-electron chi connectivity index (χ0n) is 14.9. The fourth-order valence-electron chi connectivity index (χ4n) is 3.50. The second-order valence-electron chi connectivity index (χ2n) is 6.67. The molecule has 0 saturated carbocycles. The van der Waals surface area contributed by atoms with Crippen molar-refractivity contribution in [2.24, 2.45) is 0 Å². The number of hydrogen-bond acceptors (Lipinski definition) is 7. The Bertz CT molecular complexity index is 907. The number of nitro benzene ring substituents is 1. The third-order valence-corrected chi connectivity index (χ3v) is 5.02. The van der Waals surface area contributed by atoms with Crippen molar-refractivity contribution in [1.82, 2.24) is 19.7 Å². The van der Waals surface area contributed by atoms with Crippen LogP contribution < -0.4 is 9.64 Å². The van der Waals surface area contributed by atoms with E-state index in [-0.39, 0.29) is 36.5 Å². The SMILES string of the molecule is O=C(CN1C(=O)COc2ccc([N+](=O)[O-])cc21)N1CCC(n2cncn2)CC1. The summed E-state index contributed by atoms with van der Waals surface area (Å²) in [5.41, 5.74) is 0.0828. The zero-order valence-corrected chi connectivity index (χ0v) is 14.9. The number of hydrogen-bond donors (Lipinski definition) is 0. The molecule has 0 N–H and O–H groups in total. The van der Waals surface area contributed by atoms with E-state index in [1.807, 2.05) is 0 Å². The molecule has 4 rings (SSSR count). The van der Waals surface area contributed by atoms with E-state index in [0.29, 0.717) is 18.8 Å². The third-order valence-electron chi connectivity index (χ3n) is 5.02. The second-order valence-corrected chi connectivity index (χ2v) is 6.67. The van der Waals surface area contributed by atoms with Crippen LogP contribution in [0.2, 0.25) is 0 Å². The number of aromatic nitrogens is 3. The van der Waals surface area contributed by atoms with Crippen LogP contribution in [0.1, 0.15) is 18.9 Å². The smallest absolute Gasteiger partial charge is 0.271 e. The average molecular weight is 386 g/mol. The molecule has 28 heavy (non-hydrogen) atoms. The normalized spacial score (nSPS) is 17.2. The Hall–Kier alpha value is -3.50. The van der Waals surface area contributed by atoms with Gasteiger partial charge in [-0.1, -0.05) is 0 Å². The predicted octanol–water partition coefficient (Wildman–Crippen LogP) is 0.775. The molecule has 3 heterocycles. The molecule has 0 spiro atoms. The number of rotatable bonds is 4. The highest BCUT2D eigenvalue weighted by atomic mass is 16.6. The standard InChI is InChI=1S/C17H18N6O5/c24-16(20-5-3-12(4-6-20)22-11-18-10-19-22)8-21-14-7-13(23(26)27)1-2-15(14)28-9-17(21)25/h1-2,7,10-12H,3-6,8-9H2. The molecule has 1 aromatic carbocycles. The molecule has 2 aliphatic rings. The van der Waals surface area contributed by atoms with Gasteiger partial charge in [0.2, 0.25) is 5.91 Å². The molecule has 2 aromatic rings. The third kappa shape index (κ3) is 3.38. The molecule has 0 aliphatic carbocycles. The van der Waals surface area contributed by atoms with Gasteiger partial charge in [-0.2, -0.15) is 5.10 Å². The van der Waals surface area contributed by atoms with Crippen molar-refractivity contribution in [3.05, 3.63) is 41.0 Å². The Morgan fingerprint density at radius 1 is 1.32 bits per heavy atom. The first-order valence-corrected chi connectivity index (χ1v) is 8.86. The first-order valence-electron chi connectivity index (χ1n) is 8.86. The number of amides is 2. The summed E-state index contributed by atoms with van der Waals surface area (Å²) in [6.07, 6.45) is 4.64. The highest BCUT2D eigenvalue weighted by Crippen LogP contribution is 2.35. The molecular formula is C17H18N6O5. The highest BCUT2D eigenvalue weighted by molar-refractivity contribution is 6.02. The van der Waals surface area contributed by atoms with Crippen molar-refractivity contribution < 1.29 is 19.2 Å². The van der Waals surface area contributed by atoms with Crippen molar-refractivity contribution in [1.29, 1.82) is 0 Å². The van der Waals surface area contributed by atoms with Gasteiger partial charge in [0.1, 0.15) is 24.9 Å². The molecule has 0 unspecified atom stereocenters. The van der Waals surface area contributed by atoms with Gasteiger partial charge in [-0.3, -0.25) is 24.6 Å². The summed E-state index contributed by atoms with van der Waals surface area (Å²) < 4.78 is 7.12. The number of carbonyl (C=O) groups is 2. The number of non-ortho nitro benzene ring substituents is 1. The van der Waals surface area contributed by atoms with Crippen LogP contribution in [0.5, 0.6) is 5.75 Å². The van der Waals surface area contributed by atoms with E-state index < -0.39 is 10.8 Å². The van der Waals surface area contributed by atoms with Crippen molar-refractivity contribution in [3.63, 3.8) is 0 Å². The van der Waals surface area contributed by atoms with Crippen molar-refractivity contribution in [3.8, 4) is 5.75 Å². The fourth-order valence-corrected chi connectivity index (χ4v) is 3.50.